The lowest BCUT2D eigenvalue weighted by molar-refractivity contribution is 0.0886. The third-order valence-electron chi connectivity index (χ3n) is 1.99. The minimum absolute atomic E-state index is 0.224. The van der Waals surface area contributed by atoms with Crippen molar-refractivity contribution in [2.24, 2.45) is 0 Å². The van der Waals surface area contributed by atoms with Gasteiger partial charge in [-0.05, 0) is 24.5 Å². The first-order valence-electron chi connectivity index (χ1n) is 4.37. The molecule has 1 rings (SSSR count). The summed E-state index contributed by atoms with van der Waals surface area (Å²) in [5, 5.41) is 18.8. The highest BCUT2D eigenvalue weighted by molar-refractivity contribution is 6.42. The second-order valence-corrected chi connectivity index (χ2v) is 3.87. The van der Waals surface area contributed by atoms with Gasteiger partial charge in [0.15, 0.2) is 0 Å². The number of aryl methyl sites for hydroxylation is 1. The molecule has 2 nitrogen and oxygen atoms in total. The fourth-order valence-electron chi connectivity index (χ4n) is 1.15. The summed E-state index contributed by atoms with van der Waals surface area (Å²) in [6.07, 6.45) is 0.405. The molecule has 0 saturated heterocycles. The molecule has 78 valence electrons. The molecule has 0 bridgehead atoms. The van der Waals surface area contributed by atoms with E-state index >= 15 is 0 Å². The van der Waals surface area contributed by atoms with Crippen molar-refractivity contribution in [1.29, 1.82) is 0 Å². The van der Waals surface area contributed by atoms with E-state index in [1.54, 1.807) is 6.07 Å². The van der Waals surface area contributed by atoms with Crippen LogP contribution in [0.15, 0.2) is 18.2 Å². The lowest BCUT2D eigenvalue weighted by Crippen LogP contribution is -2.12. The van der Waals surface area contributed by atoms with Crippen molar-refractivity contribution in [3.63, 3.8) is 0 Å². The summed E-state index contributed by atoms with van der Waals surface area (Å²) in [6, 6.07) is 5.39. The van der Waals surface area contributed by atoms with Crippen LogP contribution in [0, 0.1) is 0 Å². The molecule has 0 heterocycles. The molecule has 0 spiro atoms. The van der Waals surface area contributed by atoms with E-state index in [1.165, 1.54) is 0 Å². The van der Waals surface area contributed by atoms with Crippen LogP contribution in [-0.4, -0.2) is 22.9 Å². The Labute approximate surface area is 93.1 Å². The molecule has 1 unspecified atom stereocenters. The molecule has 0 aliphatic carbocycles. The zero-order chi connectivity index (χ0) is 10.6. The quantitative estimate of drug-likeness (QED) is 0.840. The van der Waals surface area contributed by atoms with Gasteiger partial charge in [0, 0.05) is 0 Å². The Kier molecular flexibility index (Phi) is 4.69. The van der Waals surface area contributed by atoms with Gasteiger partial charge in [0.25, 0.3) is 0 Å². The van der Waals surface area contributed by atoms with Crippen molar-refractivity contribution < 1.29 is 10.2 Å². The van der Waals surface area contributed by atoms with Gasteiger partial charge in [0.2, 0.25) is 0 Å². The van der Waals surface area contributed by atoms with Gasteiger partial charge >= 0.3 is 0 Å². The first kappa shape index (κ1) is 11.8. The van der Waals surface area contributed by atoms with Gasteiger partial charge < -0.3 is 10.2 Å². The summed E-state index contributed by atoms with van der Waals surface area (Å²) in [6.45, 7) is -0.224. The molecule has 0 radical (unpaired) electrons. The SMILES string of the molecule is OCC(O)CCc1cccc(Cl)c1Cl. The van der Waals surface area contributed by atoms with Crippen LogP contribution in [0.2, 0.25) is 10.0 Å². The van der Waals surface area contributed by atoms with Crippen molar-refractivity contribution in [3.8, 4) is 0 Å². The van der Waals surface area contributed by atoms with Gasteiger partial charge in [-0.2, -0.15) is 0 Å². The Morgan fingerprint density at radius 3 is 2.64 bits per heavy atom. The predicted octanol–water partition coefficient (Wildman–Crippen LogP) is 2.28. The maximum Gasteiger partial charge on any atom is 0.0774 e. The van der Waals surface area contributed by atoms with Crippen LogP contribution in [0.25, 0.3) is 0 Å². The summed E-state index contributed by atoms with van der Waals surface area (Å²) >= 11 is 11.8. The standard InChI is InChI=1S/C10H12Cl2O2/c11-9-3-1-2-7(10(9)12)4-5-8(14)6-13/h1-3,8,13-14H,4-6H2. The highest BCUT2D eigenvalue weighted by atomic mass is 35.5. The number of aliphatic hydroxyl groups is 2. The summed E-state index contributed by atoms with van der Waals surface area (Å²) in [4.78, 5) is 0. The third-order valence-corrected chi connectivity index (χ3v) is 2.85. The normalized spacial score (nSPS) is 12.9. The van der Waals surface area contributed by atoms with E-state index in [0.717, 1.165) is 5.56 Å². The largest absolute Gasteiger partial charge is 0.394 e. The first-order valence-corrected chi connectivity index (χ1v) is 5.12. The maximum absolute atomic E-state index is 9.15. The number of aliphatic hydroxyl groups excluding tert-OH is 2. The smallest absolute Gasteiger partial charge is 0.0774 e. The van der Waals surface area contributed by atoms with E-state index in [9.17, 15) is 0 Å². The summed E-state index contributed by atoms with van der Waals surface area (Å²) < 4.78 is 0. The summed E-state index contributed by atoms with van der Waals surface area (Å²) in [5.41, 5.74) is 0.895. The highest BCUT2D eigenvalue weighted by Crippen LogP contribution is 2.26. The maximum atomic E-state index is 9.15. The number of rotatable bonds is 4. The Morgan fingerprint density at radius 1 is 1.29 bits per heavy atom. The zero-order valence-corrected chi connectivity index (χ0v) is 9.09. The molecule has 1 aromatic carbocycles. The number of hydrogen-bond acceptors (Lipinski definition) is 2. The van der Waals surface area contributed by atoms with Crippen LogP contribution >= 0.6 is 23.2 Å². The molecule has 0 amide bonds. The van der Waals surface area contributed by atoms with Crippen LogP contribution in [0.1, 0.15) is 12.0 Å². The topological polar surface area (TPSA) is 40.5 Å². The van der Waals surface area contributed by atoms with Crippen LogP contribution < -0.4 is 0 Å². The van der Waals surface area contributed by atoms with Gasteiger partial charge in [0.05, 0.1) is 22.8 Å². The van der Waals surface area contributed by atoms with Crippen molar-refractivity contribution in [2.45, 2.75) is 18.9 Å². The average Bonchev–Trinajstić information content (AvgIpc) is 2.20. The molecule has 2 N–H and O–H groups in total. The fourth-order valence-corrected chi connectivity index (χ4v) is 1.57. The Morgan fingerprint density at radius 2 is 2.00 bits per heavy atom. The van der Waals surface area contributed by atoms with Gasteiger partial charge in [-0.15, -0.1) is 0 Å². The number of benzene rings is 1. The lowest BCUT2D eigenvalue weighted by Gasteiger charge is -2.08. The molecule has 0 aliphatic heterocycles. The van der Waals surface area contributed by atoms with Gasteiger partial charge in [0.1, 0.15) is 0 Å². The molecular weight excluding hydrogens is 223 g/mol. The van der Waals surface area contributed by atoms with E-state index in [4.69, 9.17) is 33.4 Å². The van der Waals surface area contributed by atoms with Gasteiger partial charge in [-0.25, -0.2) is 0 Å². The predicted molar refractivity (Wildman–Crippen MR) is 57.9 cm³/mol. The highest BCUT2D eigenvalue weighted by Gasteiger charge is 2.07. The number of halogens is 2. The molecular formula is C10H12Cl2O2. The molecule has 0 fully saturated rings. The van der Waals surface area contributed by atoms with E-state index in [1.807, 2.05) is 12.1 Å². The Bertz CT molecular complexity index is 302. The fraction of sp³-hybridized carbons (Fsp3) is 0.400. The van der Waals surface area contributed by atoms with Crippen LogP contribution in [0.3, 0.4) is 0 Å². The Balaban J connectivity index is 2.63. The monoisotopic (exact) mass is 234 g/mol. The van der Waals surface area contributed by atoms with Crippen molar-refractivity contribution in [1.82, 2.24) is 0 Å². The minimum atomic E-state index is -0.690. The van der Waals surface area contributed by atoms with Gasteiger partial charge in [-0.3, -0.25) is 0 Å². The summed E-state index contributed by atoms with van der Waals surface area (Å²) in [7, 11) is 0. The van der Waals surface area contributed by atoms with Crippen LogP contribution in [0.4, 0.5) is 0 Å². The average molecular weight is 235 g/mol. The number of hydrogen-bond donors (Lipinski definition) is 2. The second kappa shape index (κ2) is 5.56. The second-order valence-electron chi connectivity index (χ2n) is 3.09. The van der Waals surface area contributed by atoms with Crippen LogP contribution in [0.5, 0.6) is 0 Å². The molecule has 1 aromatic rings. The Hall–Kier alpha value is -0.280. The first-order chi connectivity index (χ1) is 6.65. The summed E-state index contributed by atoms with van der Waals surface area (Å²) in [5.74, 6) is 0. The van der Waals surface area contributed by atoms with Crippen LogP contribution in [-0.2, 0) is 6.42 Å². The van der Waals surface area contributed by atoms with Crippen molar-refractivity contribution in [3.05, 3.63) is 33.8 Å². The van der Waals surface area contributed by atoms with Crippen molar-refractivity contribution in [2.75, 3.05) is 6.61 Å². The molecule has 4 heteroatoms. The van der Waals surface area contributed by atoms with E-state index in [0.29, 0.717) is 22.9 Å². The third kappa shape index (κ3) is 3.14. The zero-order valence-electron chi connectivity index (χ0n) is 7.58. The molecule has 1 atom stereocenters. The molecule has 0 aliphatic rings. The van der Waals surface area contributed by atoms with E-state index in [-0.39, 0.29) is 6.61 Å². The van der Waals surface area contributed by atoms with E-state index in [2.05, 4.69) is 0 Å². The van der Waals surface area contributed by atoms with E-state index < -0.39 is 6.10 Å². The molecule has 0 saturated carbocycles. The van der Waals surface area contributed by atoms with Crippen molar-refractivity contribution >= 4 is 23.2 Å². The lowest BCUT2D eigenvalue weighted by atomic mass is 10.1. The van der Waals surface area contributed by atoms with Gasteiger partial charge in [-0.1, -0.05) is 35.3 Å². The minimum Gasteiger partial charge on any atom is -0.394 e. The molecule has 0 aromatic heterocycles. The molecule has 14 heavy (non-hydrogen) atoms.